The normalized spacial score (nSPS) is 14.3. The Morgan fingerprint density at radius 1 is 1.00 bits per heavy atom. The van der Waals surface area contributed by atoms with E-state index in [0.717, 1.165) is 43.8 Å². The minimum Gasteiger partial charge on any atom is -0.379 e. The van der Waals surface area contributed by atoms with Crippen LogP contribution in [0.5, 0.6) is 0 Å². The van der Waals surface area contributed by atoms with E-state index in [1.54, 1.807) is 24.5 Å². The van der Waals surface area contributed by atoms with Crippen LogP contribution in [-0.4, -0.2) is 78.7 Å². The Labute approximate surface area is 206 Å². The molecule has 0 bridgehead atoms. The summed E-state index contributed by atoms with van der Waals surface area (Å²) in [4.78, 5) is 17.4. The molecule has 11 heteroatoms. The molecular weight excluding hydrogens is 458 g/mol. The topological polar surface area (TPSA) is 110 Å². The van der Waals surface area contributed by atoms with Crippen LogP contribution >= 0.6 is 0 Å². The second-order valence-corrected chi connectivity index (χ2v) is 8.54. The van der Waals surface area contributed by atoms with Crippen LogP contribution in [0.3, 0.4) is 0 Å². The highest BCUT2D eigenvalue weighted by atomic mass is 16.5. The van der Waals surface area contributed by atoms with Crippen molar-refractivity contribution in [3.63, 3.8) is 0 Å². The lowest BCUT2D eigenvalue weighted by Crippen LogP contribution is -2.38. The zero-order chi connectivity index (χ0) is 24.3. The highest BCUT2D eigenvalue weighted by molar-refractivity contribution is 6.05. The monoisotopic (exact) mass is 483 g/mol. The maximum Gasteiger partial charge on any atom is 0.278 e. The number of anilines is 1. The minimum atomic E-state index is -0.244. The fourth-order valence-corrected chi connectivity index (χ4v) is 4.30. The van der Waals surface area contributed by atoms with Gasteiger partial charge in [-0.25, -0.2) is 0 Å². The molecule has 11 nitrogen and oxygen atoms in total. The number of rotatable bonds is 7. The largest absolute Gasteiger partial charge is 0.379 e. The van der Waals surface area contributed by atoms with Crippen molar-refractivity contribution in [2.24, 2.45) is 0 Å². The summed E-state index contributed by atoms with van der Waals surface area (Å²) in [5, 5.41) is 23.0. The molecule has 0 spiro atoms. The van der Waals surface area contributed by atoms with Crippen molar-refractivity contribution in [1.29, 1.82) is 0 Å². The first-order chi connectivity index (χ1) is 17.8. The number of hydrogen-bond donors (Lipinski definition) is 1. The molecule has 5 aromatic rings. The van der Waals surface area contributed by atoms with Gasteiger partial charge in [0.05, 0.1) is 43.9 Å². The number of hydrogen-bond acceptors (Lipinski definition) is 7. The van der Waals surface area contributed by atoms with E-state index in [0.29, 0.717) is 29.2 Å². The molecule has 182 valence electrons. The van der Waals surface area contributed by atoms with Gasteiger partial charge in [-0.1, -0.05) is 36.4 Å². The first-order valence-electron chi connectivity index (χ1n) is 11.8. The Bertz CT molecular complexity index is 1470. The van der Waals surface area contributed by atoms with Crippen LogP contribution in [0.1, 0.15) is 10.4 Å². The van der Waals surface area contributed by atoms with Crippen LogP contribution in [0.15, 0.2) is 73.2 Å². The van der Waals surface area contributed by atoms with Crippen molar-refractivity contribution in [2.45, 2.75) is 6.54 Å². The number of carbonyl (C=O) groups excluding carboxylic acids is 1. The first-order valence-corrected chi connectivity index (χ1v) is 11.8. The molecule has 0 saturated carbocycles. The van der Waals surface area contributed by atoms with Crippen LogP contribution < -0.4 is 5.01 Å². The molecule has 2 aromatic carbocycles. The molecule has 0 atom stereocenters. The average molecular weight is 484 g/mol. The molecule has 1 aliphatic heterocycles. The van der Waals surface area contributed by atoms with Crippen LogP contribution in [0.2, 0.25) is 0 Å². The van der Waals surface area contributed by atoms with Crippen LogP contribution in [0.4, 0.5) is 5.69 Å². The number of fused-ring (bicyclic) bond motifs is 1. The van der Waals surface area contributed by atoms with E-state index in [4.69, 9.17) is 4.74 Å². The maximum atomic E-state index is 13.6. The highest BCUT2D eigenvalue weighted by Gasteiger charge is 2.24. The second kappa shape index (κ2) is 9.72. The summed E-state index contributed by atoms with van der Waals surface area (Å²) in [6, 6.07) is 16.9. The molecule has 1 saturated heterocycles. The molecule has 0 radical (unpaired) electrons. The number of H-pyrrole nitrogens is 1. The van der Waals surface area contributed by atoms with Gasteiger partial charge >= 0.3 is 0 Å². The van der Waals surface area contributed by atoms with Gasteiger partial charge in [0, 0.05) is 30.6 Å². The van der Waals surface area contributed by atoms with E-state index in [-0.39, 0.29) is 5.91 Å². The fourth-order valence-electron chi connectivity index (χ4n) is 4.30. The molecule has 0 aliphatic carbocycles. The highest BCUT2D eigenvalue weighted by Crippen LogP contribution is 2.25. The van der Waals surface area contributed by atoms with E-state index in [9.17, 15) is 4.79 Å². The summed E-state index contributed by atoms with van der Waals surface area (Å²) in [6.07, 6.45) is 5.23. The lowest BCUT2D eigenvalue weighted by Gasteiger charge is -2.26. The van der Waals surface area contributed by atoms with Gasteiger partial charge in [-0.05, 0) is 23.4 Å². The van der Waals surface area contributed by atoms with Crippen molar-refractivity contribution in [3.8, 4) is 11.4 Å². The molecule has 1 fully saturated rings. The first kappa shape index (κ1) is 22.1. The van der Waals surface area contributed by atoms with Gasteiger partial charge in [0.25, 0.3) is 5.91 Å². The van der Waals surface area contributed by atoms with E-state index in [1.165, 1.54) is 9.80 Å². The number of ether oxygens (including phenoxy) is 1. The van der Waals surface area contributed by atoms with Crippen LogP contribution in [0.25, 0.3) is 22.3 Å². The molecule has 1 N–H and O–H groups in total. The van der Waals surface area contributed by atoms with E-state index in [1.807, 2.05) is 53.3 Å². The third-order valence-electron chi connectivity index (χ3n) is 6.23. The van der Waals surface area contributed by atoms with E-state index >= 15 is 0 Å². The predicted octanol–water partition coefficient (Wildman–Crippen LogP) is 2.46. The lowest BCUT2D eigenvalue weighted by molar-refractivity contribution is 0.0359. The summed E-state index contributed by atoms with van der Waals surface area (Å²) >= 11 is 0. The molecular formula is C25H25N9O2. The number of benzene rings is 2. The maximum absolute atomic E-state index is 13.6. The lowest BCUT2D eigenvalue weighted by atomic mass is 10.2. The SMILES string of the molecule is O=C(c1ccccc1)N(c1cnn(CCN2CCOCC2)c1)n1cc(-c2n[nH]c3ccccc23)nn1. The molecule has 0 unspecified atom stereocenters. The number of carbonyl (C=O) groups is 1. The van der Waals surface area contributed by atoms with Gasteiger partial charge in [-0.15, -0.1) is 5.10 Å². The molecule has 1 aliphatic rings. The van der Waals surface area contributed by atoms with Crippen LogP contribution in [-0.2, 0) is 11.3 Å². The Hall–Kier alpha value is -4.35. The Morgan fingerprint density at radius 3 is 2.67 bits per heavy atom. The number of aromatic nitrogens is 7. The predicted molar refractivity (Wildman–Crippen MR) is 133 cm³/mol. The average Bonchev–Trinajstić information content (AvgIpc) is 3.69. The third-order valence-corrected chi connectivity index (χ3v) is 6.23. The van der Waals surface area contributed by atoms with E-state index in [2.05, 4.69) is 30.5 Å². The summed E-state index contributed by atoms with van der Waals surface area (Å²) in [7, 11) is 0. The number of amides is 1. The Kier molecular flexibility index (Phi) is 5.98. The molecule has 36 heavy (non-hydrogen) atoms. The summed E-state index contributed by atoms with van der Waals surface area (Å²) in [6.45, 7) is 4.89. The molecule has 1 amide bonds. The number of aromatic amines is 1. The minimum absolute atomic E-state index is 0.244. The number of nitrogens with one attached hydrogen (secondary N) is 1. The fraction of sp³-hybridized carbons (Fsp3) is 0.240. The van der Waals surface area contributed by atoms with E-state index < -0.39 is 0 Å². The zero-order valence-electron chi connectivity index (χ0n) is 19.6. The molecule has 3 aromatic heterocycles. The van der Waals surface area contributed by atoms with Gasteiger partial charge in [-0.2, -0.15) is 20.0 Å². The van der Waals surface area contributed by atoms with Crippen molar-refractivity contribution in [3.05, 3.63) is 78.8 Å². The van der Waals surface area contributed by atoms with Gasteiger partial charge < -0.3 is 4.74 Å². The van der Waals surface area contributed by atoms with Crippen molar-refractivity contribution in [2.75, 3.05) is 37.9 Å². The van der Waals surface area contributed by atoms with Gasteiger partial charge in [0.15, 0.2) is 0 Å². The van der Waals surface area contributed by atoms with Gasteiger partial charge in [0.2, 0.25) is 0 Å². The zero-order valence-corrected chi connectivity index (χ0v) is 19.6. The number of morpholine rings is 1. The summed E-state index contributed by atoms with van der Waals surface area (Å²) in [5.74, 6) is -0.244. The van der Waals surface area contributed by atoms with Crippen molar-refractivity contribution < 1.29 is 9.53 Å². The van der Waals surface area contributed by atoms with Gasteiger partial charge in [0.1, 0.15) is 17.1 Å². The molecule has 6 rings (SSSR count). The van der Waals surface area contributed by atoms with Crippen molar-refractivity contribution >= 4 is 22.5 Å². The van der Waals surface area contributed by atoms with Gasteiger partial charge in [-0.3, -0.25) is 19.5 Å². The Morgan fingerprint density at radius 2 is 1.81 bits per heavy atom. The standard InChI is InChI=1S/C25H25N9O2/c35-25(19-6-2-1-3-7-19)34(20-16-26-32(17-20)11-10-31-12-14-36-15-13-31)33-18-23(28-30-33)24-21-8-4-5-9-22(21)27-29-24/h1-9,16-18H,10-15H2,(H,27,29). The van der Waals surface area contributed by atoms with Crippen molar-refractivity contribution in [1.82, 2.24) is 40.0 Å². The van der Waals surface area contributed by atoms with Crippen LogP contribution in [0, 0.1) is 0 Å². The molecule has 4 heterocycles. The Balaban J connectivity index is 1.31. The third kappa shape index (κ3) is 4.37. The second-order valence-electron chi connectivity index (χ2n) is 8.54. The summed E-state index contributed by atoms with van der Waals surface area (Å²) in [5.41, 5.74) is 3.25. The quantitative estimate of drug-likeness (QED) is 0.379. The number of nitrogens with zero attached hydrogens (tertiary/aromatic N) is 8. The number of para-hydroxylation sites is 1. The summed E-state index contributed by atoms with van der Waals surface area (Å²) < 4.78 is 7.27. The smallest absolute Gasteiger partial charge is 0.278 e.